The standard InChI is InChI=1S/C31H16F8O2S/c1-40-21-12-18(16-10-6-3-7-11-16)22(13-17(21)15-8-4-2-5-9-15)41-29-25(36)27(38)31(28(39)26(29)37)42-30-23(34)19(32)14-20(33)24(30)35/h2-14H,1H3/i14D. The molecule has 5 aromatic carbocycles. The van der Waals surface area contributed by atoms with E-state index in [0.29, 0.717) is 22.4 Å². The van der Waals surface area contributed by atoms with Gasteiger partial charge in [0.05, 0.1) is 18.3 Å². The number of ether oxygens (including phenoxy) is 2. The maximum absolute atomic E-state index is 15.3. The molecule has 0 aromatic heterocycles. The molecule has 0 bridgehead atoms. The summed E-state index contributed by atoms with van der Waals surface area (Å²) in [4.78, 5) is -3.29. The van der Waals surface area contributed by atoms with Crippen molar-refractivity contribution in [3.8, 4) is 39.5 Å². The number of halogens is 8. The zero-order chi connectivity index (χ0) is 31.0. The summed E-state index contributed by atoms with van der Waals surface area (Å²) in [6, 6.07) is 18.0. The predicted molar refractivity (Wildman–Crippen MR) is 141 cm³/mol. The van der Waals surface area contributed by atoms with Crippen LogP contribution in [-0.4, -0.2) is 7.11 Å². The first kappa shape index (κ1) is 27.6. The van der Waals surface area contributed by atoms with Crippen LogP contribution in [0.4, 0.5) is 35.1 Å². The molecule has 0 saturated carbocycles. The molecule has 2 nitrogen and oxygen atoms in total. The van der Waals surface area contributed by atoms with Gasteiger partial charge >= 0.3 is 0 Å². The van der Waals surface area contributed by atoms with Crippen molar-refractivity contribution in [3.05, 3.63) is 125 Å². The van der Waals surface area contributed by atoms with Crippen molar-refractivity contribution in [2.45, 2.75) is 9.79 Å². The van der Waals surface area contributed by atoms with Gasteiger partial charge in [0.2, 0.25) is 17.4 Å². The summed E-state index contributed by atoms with van der Waals surface area (Å²) in [5.74, 6) is -18.6. The van der Waals surface area contributed by atoms with E-state index < -0.39 is 79.9 Å². The van der Waals surface area contributed by atoms with Gasteiger partial charge in [0.25, 0.3) is 0 Å². The van der Waals surface area contributed by atoms with Crippen LogP contribution in [0, 0.1) is 46.5 Å². The molecule has 42 heavy (non-hydrogen) atoms. The van der Waals surface area contributed by atoms with Gasteiger partial charge in [-0.05, 0) is 23.3 Å². The number of hydrogen-bond donors (Lipinski definition) is 0. The van der Waals surface area contributed by atoms with Gasteiger partial charge in [0.15, 0.2) is 34.9 Å². The van der Waals surface area contributed by atoms with Gasteiger partial charge in [-0.25, -0.2) is 26.3 Å². The lowest BCUT2D eigenvalue weighted by atomic mass is 9.98. The first-order valence-corrected chi connectivity index (χ1v) is 12.7. The highest BCUT2D eigenvalue weighted by Gasteiger charge is 2.31. The lowest BCUT2D eigenvalue weighted by Crippen LogP contribution is -2.05. The van der Waals surface area contributed by atoms with Crippen LogP contribution in [0.2, 0.25) is 0 Å². The van der Waals surface area contributed by atoms with E-state index in [9.17, 15) is 17.6 Å². The Bertz CT molecular complexity index is 1800. The molecule has 0 aliphatic carbocycles. The first-order valence-electron chi connectivity index (χ1n) is 12.4. The number of hydrogen-bond acceptors (Lipinski definition) is 3. The van der Waals surface area contributed by atoms with Gasteiger partial charge < -0.3 is 9.47 Å². The van der Waals surface area contributed by atoms with Gasteiger partial charge in [0.1, 0.15) is 11.5 Å². The van der Waals surface area contributed by atoms with E-state index in [-0.39, 0.29) is 11.3 Å². The summed E-state index contributed by atoms with van der Waals surface area (Å²) >= 11 is -0.636. The van der Waals surface area contributed by atoms with Crippen LogP contribution in [0.15, 0.2) is 88.6 Å². The van der Waals surface area contributed by atoms with Gasteiger partial charge in [-0.3, -0.25) is 0 Å². The molecule has 5 rings (SSSR count). The van der Waals surface area contributed by atoms with Crippen LogP contribution in [0.1, 0.15) is 1.37 Å². The van der Waals surface area contributed by atoms with E-state index in [1.807, 2.05) is 0 Å². The monoisotopic (exact) mass is 605 g/mol. The Morgan fingerprint density at radius 3 is 1.48 bits per heavy atom. The summed E-state index contributed by atoms with van der Waals surface area (Å²) in [7, 11) is 1.40. The Balaban J connectivity index is 1.66. The molecule has 0 radical (unpaired) electrons. The van der Waals surface area contributed by atoms with E-state index in [1.54, 1.807) is 60.7 Å². The van der Waals surface area contributed by atoms with Crippen molar-refractivity contribution < 1.29 is 46.0 Å². The molecule has 0 aliphatic rings. The maximum atomic E-state index is 15.3. The topological polar surface area (TPSA) is 18.5 Å². The van der Waals surface area contributed by atoms with Crippen molar-refractivity contribution in [2.24, 2.45) is 0 Å². The fourth-order valence-corrected chi connectivity index (χ4v) is 4.99. The lowest BCUT2D eigenvalue weighted by Gasteiger charge is -2.18. The van der Waals surface area contributed by atoms with E-state index in [0.717, 1.165) is 0 Å². The molecule has 0 unspecified atom stereocenters. The highest BCUT2D eigenvalue weighted by atomic mass is 32.2. The molecule has 0 N–H and O–H groups in total. The number of benzene rings is 5. The van der Waals surface area contributed by atoms with Crippen molar-refractivity contribution in [1.82, 2.24) is 0 Å². The molecule has 0 fully saturated rings. The quantitative estimate of drug-likeness (QED) is 0.136. The third-order valence-corrected chi connectivity index (χ3v) is 7.20. The van der Waals surface area contributed by atoms with Crippen LogP contribution in [0.3, 0.4) is 0 Å². The van der Waals surface area contributed by atoms with Gasteiger partial charge in [-0.2, -0.15) is 8.78 Å². The van der Waals surface area contributed by atoms with Crippen molar-refractivity contribution in [1.29, 1.82) is 0 Å². The molecular formula is C31H16F8O2S. The zero-order valence-electron chi connectivity index (χ0n) is 22.2. The fraction of sp³-hybridized carbons (Fsp3) is 0.0323. The van der Waals surface area contributed by atoms with Gasteiger partial charge in [-0.1, -0.05) is 72.4 Å². The summed E-state index contributed by atoms with van der Waals surface area (Å²) in [6.45, 7) is 0. The normalized spacial score (nSPS) is 11.4. The van der Waals surface area contributed by atoms with E-state index in [4.69, 9.17) is 10.8 Å². The zero-order valence-corrected chi connectivity index (χ0v) is 22.0. The largest absolute Gasteiger partial charge is 0.496 e. The SMILES string of the molecule is [2H]c1c(F)c(F)c(Sc2c(F)c(F)c(Oc3cc(-c4ccccc4)c(OC)cc3-c3ccccc3)c(F)c2F)c(F)c1F. The average Bonchev–Trinajstić information content (AvgIpc) is 3.04. The average molecular weight is 606 g/mol. The van der Waals surface area contributed by atoms with Crippen molar-refractivity contribution in [2.75, 3.05) is 7.11 Å². The molecule has 0 saturated heterocycles. The third kappa shape index (κ3) is 5.27. The molecular weight excluding hydrogens is 588 g/mol. The molecule has 11 heteroatoms. The minimum atomic E-state index is -2.17. The van der Waals surface area contributed by atoms with Crippen LogP contribution in [-0.2, 0) is 0 Å². The summed E-state index contributed by atoms with van der Waals surface area (Å²) in [5, 5.41) is 0. The molecule has 5 aromatic rings. The minimum Gasteiger partial charge on any atom is -0.496 e. The fourth-order valence-electron chi connectivity index (χ4n) is 4.07. The molecule has 214 valence electrons. The van der Waals surface area contributed by atoms with Crippen molar-refractivity contribution in [3.63, 3.8) is 0 Å². The van der Waals surface area contributed by atoms with Crippen LogP contribution in [0.5, 0.6) is 17.2 Å². The second-order valence-corrected chi connectivity index (χ2v) is 9.63. The second kappa shape index (κ2) is 11.8. The van der Waals surface area contributed by atoms with E-state index >= 15 is 17.6 Å². The third-order valence-electron chi connectivity index (χ3n) is 6.07. The lowest BCUT2D eigenvalue weighted by molar-refractivity contribution is 0.353. The van der Waals surface area contributed by atoms with Gasteiger partial charge in [0, 0.05) is 17.2 Å². The Labute approximate surface area is 239 Å². The Hall–Kier alpha value is -4.51. The summed E-state index contributed by atoms with van der Waals surface area (Å²) in [6.07, 6.45) is 0. The first-order chi connectivity index (χ1) is 20.5. The number of rotatable bonds is 7. The Kier molecular flexibility index (Phi) is 7.75. The highest BCUT2D eigenvalue weighted by molar-refractivity contribution is 7.99. The highest BCUT2D eigenvalue weighted by Crippen LogP contribution is 2.46. The minimum absolute atomic E-state index is 0.223. The molecule has 0 spiro atoms. The Morgan fingerprint density at radius 2 is 1.00 bits per heavy atom. The summed E-state index contributed by atoms with van der Waals surface area (Å²) in [5.41, 5.74) is 1.72. The molecule has 0 atom stereocenters. The molecule has 0 amide bonds. The van der Waals surface area contributed by atoms with Crippen molar-refractivity contribution >= 4 is 11.8 Å². The smallest absolute Gasteiger partial charge is 0.205 e. The van der Waals surface area contributed by atoms with Crippen LogP contribution >= 0.6 is 11.8 Å². The van der Waals surface area contributed by atoms with E-state index in [1.165, 1.54) is 19.2 Å². The Morgan fingerprint density at radius 1 is 0.571 bits per heavy atom. The molecule has 0 heterocycles. The van der Waals surface area contributed by atoms with Crippen LogP contribution < -0.4 is 9.47 Å². The van der Waals surface area contributed by atoms with Crippen LogP contribution in [0.25, 0.3) is 22.3 Å². The predicted octanol–water partition coefficient (Wildman–Crippen LogP) is 10.1. The second-order valence-electron chi connectivity index (χ2n) is 8.61. The van der Waals surface area contributed by atoms with Gasteiger partial charge in [-0.15, -0.1) is 0 Å². The maximum Gasteiger partial charge on any atom is 0.205 e. The number of methoxy groups -OCH3 is 1. The van der Waals surface area contributed by atoms with E-state index in [2.05, 4.69) is 0 Å². The molecule has 0 aliphatic heterocycles. The summed E-state index contributed by atoms with van der Waals surface area (Å²) < 4.78 is 135.